The monoisotopic (exact) mass is 337 g/mol. The van der Waals surface area contributed by atoms with Crippen molar-refractivity contribution >= 4 is 12.1 Å². The molecule has 0 bridgehead atoms. The molecule has 0 aliphatic rings. The van der Waals surface area contributed by atoms with Gasteiger partial charge in [-0.05, 0) is 50.2 Å². The van der Waals surface area contributed by atoms with Crippen LogP contribution in [0.2, 0.25) is 0 Å². The number of nitrogens with zero attached hydrogens (tertiary/aromatic N) is 2. The molecule has 0 unspecified atom stereocenters. The van der Waals surface area contributed by atoms with Gasteiger partial charge >= 0.3 is 0 Å². The maximum absolute atomic E-state index is 11.8. The summed E-state index contributed by atoms with van der Waals surface area (Å²) < 4.78 is 11.0. The number of carbonyl (C=O) groups excluding carboxylic acids is 1. The van der Waals surface area contributed by atoms with E-state index in [2.05, 4.69) is 10.5 Å². The number of para-hydroxylation sites is 1. The molecule has 0 radical (unpaired) electrons. The number of benzene rings is 2. The zero-order valence-corrected chi connectivity index (χ0v) is 14.1. The maximum atomic E-state index is 11.8. The van der Waals surface area contributed by atoms with Gasteiger partial charge in [0.05, 0.1) is 24.0 Å². The number of nitriles is 1. The second-order valence-electron chi connectivity index (χ2n) is 5.42. The Kier molecular flexibility index (Phi) is 6.55. The first-order valence-electron chi connectivity index (χ1n) is 7.79. The quantitative estimate of drug-likeness (QED) is 0.622. The van der Waals surface area contributed by atoms with E-state index in [1.165, 1.54) is 6.21 Å². The highest BCUT2D eigenvalue weighted by atomic mass is 16.5. The van der Waals surface area contributed by atoms with Crippen molar-refractivity contribution in [1.29, 1.82) is 5.26 Å². The molecule has 0 aromatic heterocycles. The lowest BCUT2D eigenvalue weighted by atomic mass is 10.2. The lowest BCUT2D eigenvalue weighted by Gasteiger charge is -2.11. The van der Waals surface area contributed by atoms with Crippen LogP contribution in [0.15, 0.2) is 53.6 Å². The van der Waals surface area contributed by atoms with Crippen molar-refractivity contribution in [1.82, 2.24) is 5.43 Å². The highest BCUT2D eigenvalue weighted by Crippen LogP contribution is 2.17. The Morgan fingerprint density at radius 3 is 2.64 bits per heavy atom. The molecule has 0 saturated carbocycles. The van der Waals surface area contributed by atoms with Crippen LogP contribution in [0.3, 0.4) is 0 Å². The molecule has 2 aromatic rings. The van der Waals surface area contributed by atoms with Gasteiger partial charge in [0, 0.05) is 5.56 Å². The number of hydrazone groups is 1. The lowest BCUT2D eigenvalue weighted by molar-refractivity contribution is -0.123. The van der Waals surface area contributed by atoms with Crippen LogP contribution in [0.1, 0.15) is 25.0 Å². The smallest absolute Gasteiger partial charge is 0.277 e. The molecule has 1 amide bonds. The van der Waals surface area contributed by atoms with Gasteiger partial charge in [0.25, 0.3) is 5.91 Å². The fourth-order valence-corrected chi connectivity index (χ4v) is 1.93. The highest BCUT2D eigenvalue weighted by Gasteiger charge is 2.04. The van der Waals surface area contributed by atoms with Gasteiger partial charge in [-0.25, -0.2) is 5.43 Å². The molecule has 0 spiro atoms. The summed E-state index contributed by atoms with van der Waals surface area (Å²) in [6.07, 6.45) is 1.57. The lowest BCUT2D eigenvalue weighted by Crippen LogP contribution is -2.24. The first-order chi connectivity index (χ1) is 12.1. The molecule has 128 valence electrons. The van der Waals surface area contributed by atoms with E-state index in [4.69, 9.17) is 14.7 Å². The van der Waals surface area contributed by atoms with Gasteiger partial charge in [0.15, 0.2) is 6.61 Å². The summed E-state index contributed by atoms with van der Waals surface area (Å²) in [6, 6.07) is 16.0. The van der Waals surface area contributed by atoms with E-state index in [1.54, 1.807) is 24.3 Å². The van der Waals surface area contributed by atoms with Crippen LogP contribution in [0, 0.1) is 11.3 Å². The van der Waals surface area contributed by atoms with Crippen molar-refractivity contribution in [2.75, 3.05) is 6.61 Å². The van der Waals surface area contributed by atoms with Crippen LogP contribution >= 0.6 is 0 Å². The summed E-state index contributed by atoms with van der Waals surface area (Å²) in [6.45, 7) is 3.71. The van der Waals surface area contributed by atoms with Crippen LogP contribution < -0.4 is 14.9 Å². The van der Waals surface area contributed by atoms with Gasteiger partial charge in [-0.2, -0.15) is 10.4 Å². The number of amides is 1. The van der Waals surface area contributed by atoms with Gasteiger partial charge in [0.1, 0.15) is 11.5 Å². The van der Waals surface area contributed by atoms with Crippen LogP contribution in [0.25, 0.3) is 0 Å². The van der Waals surface area contributed by atoms with Crippen molar-refractivity contribution in [3.8, 4) is 17.6 Å². The average molecular weight is 337 g/mol. The Balaban J connectivity index is 1.85. The van der Waals surface area contributed by atoms with Crippen molar-refractivity contribution < 1.29 is 14.3 Å². The largest absolute Gasteiger partial charge is 0.490 e. The fraction of sp³-hybridized carbons (Fsp3) is 0.211. The van der Waals surface area contributed by atoms with E-state index < -0.39 is 0 Å². The summed E-state index contributed by atoms with van der Waals surface area (Å²) >= 11 is 0. The number of hydrogen-bond donors (Lipinski definition) is 1. The Hall–Kier alpha value is -3.33. The Bertz CT molecular complexity index is 777. The number of rotatable bonds is 7. The maximum Gasteiger partial charge on any atom is 0.277 e. The molecule has 0 atom stereocenters. The van der Waals surface area contributed by atoms with E-state index >= 15 is 0 Å². The zero-order chi connectivity index (χ0) is 18.1. The summed E-state index contributed by atoms with van der Waals surface area (Å²) in [5.74, 6) is 0.820. The normalized spacial score (nSPS) is 10.5. The highest BCUT2D eigenvalue weighted by molar-refractivity contribution is 5.85. The Morgan fingerprint density at radius 2 is 1.96 bits per heavy atom. The van der Waals surface area contributed by atoms with Gasteiger partial charge < -0.3 is 9.47 Å². The number of carbonyl (C=O) groups is 1. The Labute approximate surface area is 146 Å². The second-order valence-corrected chi connectivity index (χ2v) is 5.42. The molecule has 0 aliphatic carbocycles. The number of nitrogens with one attached hydrogen (secondary N) is 1. The summed E-state index contributed by atoms with van der Waals surface area (Å²) in [5, 5.41) is 12.6. The first kappa shape index (κ1) is 18.0. The molecule has 6 nitrogen and oxygen atoms in total. The topological polar surface area (TPSA) is 83.7 Å². The van der Waals surface area contributed by atoms with Crippen molar-refractivity contribution in [3.05, 3.63) is 59.7 Å². The van der Waals surface area contributed by atoms with E-state index in [0.717, 1.165) is 5.56 Å². The molecular formula is C19H19N3O3. The van der Waals surface area contributed by atoms with E-state index in [1.807, 2.05) is 44.2 Å². The zero-order valence-electron chi connectivity index (χ0n) is 14.1. The number of hydrogen-bond acceptors (Lipinski definition) is 5. The molecule has 0 fully saturated rings. The van der Waals surface area contributed by atoms with Gasteiger partial charge in [-0.15, -0.1) is 0 Å². The van der Waals surface area contributed by atoms with E-state index in [0.29, 0.717) is 17.1 Å². The molecule has 25 heavy (non-hydrogen) atoms. The number of ether oxygens (including phenoxy) is 2. The third-order valence-electron chi connectivity index (χ3n) is 3.03. The minimum absolute atomic E-state index is 0.0463. The minimum atomic E-state index is -0.386. The predicted octanol–water partition coefficient (Wildman–Crippen LogP) is 2.87. The third-order valence-corrected chi connectivity index (χ3v) is 3.03. The fourth-order valence-electron chi connectivity index (χ4n) is 1.93. The van der Waals surface area contributed by atoms with Gasteiger partial charge in [-0.1, -0.05) is 12.1 Å². The SMILES string of the molecule is CC(C)Oc1ccccc1/C=N/NC(=O)COc1ccc(C#N)cc1. The summed E-state index contributed by atoms with van der Waals surface area (Å²) in [4.78, 5) is 11.8. The van der Waals surface area contributed by atoms with Gasteiger partial charge in [-0.3, -0.25) is 4.79 Å². The molecule has 2 aromatic carbocycles. The van der Waals surface area contributed by atoms with E-state index in [9.17, 15) is 4.79 Å². The summed E-state index contributed by atoms with van der Waals surface area (Å²) in [5.41, 5.74) is 3.70. The van der Waals surface area contributed by atoms with Crippen LogP contribution in [0.5, 0.6) is 11.5 Å². The molecular weight excluding hydrogens is 318 g/mol. The average Bonchev–Trinajstić information content (AvgIpc) is 2.61. The molecule has 2 rings (SSSR count). The summed E-state index contributed by atoms with van der Waals surface area (Å²) in [7, 11) is 0. The van der Waals surface area contributed by atoms with Crippen LogP contribution in [-0.2, 0) is 4.79 Å². The van der Waals surface area contributed by atoms with Crippen molar-refractivity contribution in [2.24, 2.45) is 5.10 Å². The Morgan fingerprint density at radius 1 is 1.24 bits per heavy atom. The predicted molar refractivity (Wildman–Crippen MR) is 94.6 cm³/mol. The third kappa shape index (κ3) is 5.99. The first-order valence-corrected chi connectivity index (χ1v) is 7.79. The van der Waals surface area contributed by atoms with E-state index in [-0.39, 0.29) is 18.6 Å². The second kappa shape index (κ2) is 9.08. The molecule has 1 N–H and O–H groups in total. The van der Waals surface area contributed by atoms with Crippen LogP contribution in [0.4, 0.5) is 0 Å². The molecule has 0 saturated heterocycles. The standard InChI is InChI=1S/C19H19N3O3/c1-14(2)25-18-6-4-3-5-16(18)12-21-22-19(23)13-24-17-9-7-15(11-20)8-10-17/h3-10,12,14H,13H2,1-2H3,(H,22,23)/b21-12+. The molecule has 0 heterocycles. The molecule has 6 heteroatoms. The van der Waals surface area contributed by atoms with Crippen molar-refractivity contribution in [2.45, 2.75) is 20.0 Å². The molecule has 0 aliphatic heterocycles. The van der Waals surface area contributed by atoms with Crippen LogP contribution in [-0.4, -0.2) is 24.8 Å². The minimum Gasteiger partial charge on any atom is -0.490 e. The van der Waals surface area contributed by atoms with Gasteiger partial charge in [0.2, 0.25) is 0 Å². The van der Waals surface area contributed by atoms with Crippen molar-refractivity contribution in [3.63, 3.8) is 0 Å².